The number of nitrogens with zero attached hydrogens (tertiary/aromatic N) is 1. The number of rotatable bonds is 42. The molecular formula is C55H91N2O6P. The first kappa shape index (κ1) is 60.6. The molecule has 0 radical (unpaired) electrons. The first-order valence-corrected chi connectivity index (χ1v) is 26.0. The fraction of sp³-hybridized carbons (Fsp3) is 0.582. The number of aliphatic hydroxyl groups is 1. The van der Waals surface area contributed by atoms with Crippen molar-refractivity contribution in [3.05, 3.63) is 134 Å². The van der Waals surface area contributed by atoms with Gasteiger partial charge in [0.1, 0.15) is 13.2 Å². The van der Waals surface area contributed by atoms with E-state index in [1.807, 2.05) is 27.2 Å². The van der Waals surface area contributed by atoms with Crippen molar-refractivity contribution in [2.45, 2.75) is 167 Å². The molecule has 0 saturated carbocycles. The van der Waals surface area contributed by atoms with Crippen LogP contribution in [0.1, 0.15) is 155 Å². The largest absolute Gasteiger partial charge is 0.756 e. The first-order chi connectivity index (χ1) is 31.0. The summed E-state index contributed by atoms with van der Waals surface area (Å²) in [6.45, 7) is 4.37. The van der Waals surface area contributed by atoms with E-state index in [9.17, 15) is 19.4 Å². The first-order valence-electron chi connectivity index (χ1n) is 24.5. The van der Waals surface area contributed by atoms with Crippen LogP contribution in [-0.4, -0.2) is 68.5 Å². The Balaban J connectivity index is 4.29. The summed E-state index contributed by atoms with van der Waals surface area (Å²) in [5.41, 5.74) is 0. The molecule has 64 heavy (non-hydrogen) atoms. The summed E-state index contributed by atoms with van der Waals surface area (Å²) in [6.07, 6.45) is 68.1. The highest BCUT2D eigenvalue weighted by Gasteiger charge is 2.23. The number of carbonyl (C=O) groups excluding carboxylic acids is 1. The maximum atomic E-state index is 12.9. The van der Waals surface area contributed by atoms with Crippen LogP contribution in [0.15, 0.2) is 134 Å². The second-order valence-corrected chi connectivity index (χ2v) is 18.5. The van der Waals surface area contributed by atoms with Gasteiger partial charge in [0.25, 0.3) is 7.82 Å². The van der Waals surface area contributed by atoms with Gasteiger partial charge in [-0.25, -0.2) is 0 Å². The number of quaternary nitrogens is 1. The van der Waals surface area contributed by atoms with Gasteiger partial charge in [0.05, 0.1) is 39.9 Å². The summed E-state index contributed by atoms with van der Waals surface area (Å²) in [7, 11) is 1.20. The lowest BCUT2D eigenvalue weighted by molar-refractivity contribution is -0.870. The van der Waals surface area contributed by atoms with Gasteiger partial charge >= 0.3 is 0 Å². The number of likely N-dealkylation sites (N-methyl/N-ethyl adjacent to an activating group) is 1. The Kier molecular flexibility index (Phi) is 42.5. The quantitative estimate of drug-likeness (QED) is 0.0273. The lowest BCUT2D eigenvalue weighted by atomic mass is 10.1. The normalized spacial score (nSPS) is 15.3. The number of unbranched alkanes of at least 4 members (excludes halogenated alkanes) is 9. The third-order valence-corrected chi connectivity index (χ3v) is 10.8. The van der Waals surface area contributed by atoms with Gasteiger partial charge in [-0.05, 0) is 103 Å². The number of hydrogen-bond acceptors (Lipinski definition) is 6. The van der Waals surface area contributed by atoms with Gasteiger partial charge in [0, 0.05) is 6.42 Å². The fourth-order valence-corrected chi connectivity index (χ4v) is 6.69. The molecule has 0 spiro atoms. The Morgan fingerprint density at radius 1 is 0.562 bits per heavy atom. The fourth-order valence-electron chi connectivity index (χ4n) is 5.97. The number of phosphoric acid groups is 1. The third kappa shape index (κ3) is 46.6. The number of hydrogen-bond donors (Lipinski definition) is 2. The molecule has 0 aliphatic heterocycles. The van der Waals surface area contributed by atoms with Gasteiger partial charge in [0.15, 0.2) is 0 Å². The lowest BCUT2D eigenvalue weighted by Gasteiger charge is -2.29. The van der Waals surface area contributed by atoms with Gasteiger partial charge in [-0.2, -0.15) is 0 Å². The van der Waals surface area contributed by atoms with Gasteiger partial charge in [-0.3, -0.25) is 9.36 Å². The van der Waals surface area contributed by atoms with Crippen molar-refractivity contribution in [1.29, 1.82) is 0 Å². The summed E-state index contributed by atoms with van der Waals surface area (Å²) in [5.74, 6) is -0.236. The van der Waals surface area contributed by atoms with Gasteiger partial charge < -0.3 is 28.8 Å². The molecule has 0 aromatic heterocycles. The van der Waals surface area contributed by atoms with E-state index < -0.39 is 26.6 Å². The zero-order chi connectivity index (χ0) is 47.1. The molecule has 0 saturated heterocycles. The van der Waals surface area contributed by atoms with Crippen molar-refractivity contribution in [3.8, 4) is 0 Å². The van der Waals surface area contributed by atoms with Crippen LogP contribution in [0.4, 0.5) is 0 Å². The molecule has 0 aromatic rings. The summed E-state index contributed by atoms with van der Waals surface area (Å²) in [6, 6.07) is -0.926. The van der Waals surface area contributed by atoms with Crippen molar-refractivity contribution in [2.24, 2.45) is 0 Å². The van der Waals surface area contributed by atoms with Crippen molar-refractivity contribution >= 4 is 13.7 Å². The van der Waals surface area contributed by atoms with E-state index >= 15 is 0 Å². The van der Waals surface area contributed by atoms with Crippen LogP contribution >= 0.6 is 7.82 Å². The monoisotopic (exact) mass is 907 g/mol. The van der Waals surface area contributed by atoms with Crippen LogP contribution in [-0.2, 0) is 18.4 Å². The number of aliphatic hydroxyl groups excluding tert-OH is 1. The Bertz CT molecular complexity index is 1490. The Morgan fingerprint density at radius 3 is 1.44 bits per heavy atom. The van der Waals surface area contributed by atoms with E-state index in [1.54, 1.807) is 6.08 Å². The highest BCUT2D eigenvalue weighted by Crippen LogP contribution is 2.38. The van der Waals surface area contributed by atoms with E-state index in [2.05, 4.69) is 141 Å². The summed E-state index contributed by atoms with van der Waals surface area (Å²) in [4.78, 5) is 25.3. The summed E-state index contributed by atoms with van der Waals surface area (Å²) < 4.78 is 23.1. The summed E-state index contributed by atoms with van der Waals surface area (Å²) >= 11 is 0. The second-order valence-electron chi connectivity index (χ2n) is 17.1. The molecule has 0 rings (SSSR count). The van der Waals surface area contributed by atoms with Crippen LogP contribution in [0.25, 0.3) is 0 Å². The number of phosphoric ester groups is 1. The van der Waals surface area contributed by atoms with E-state index in [4.69, 9.17) is 9.05 Å². The Morgan fingerprint density at radius 2 is 0.969 bits per heavy atom. The minimum absolute atomic E-state index is 0.0204. The smallest absolute Gasteiger partial charge is 0.268 e. The molecule has 0 heterocycles. The minimum Gasteiger partial charge on any atom is -0.756 e. The van der Waals surface area contributed by atoms with E-state index in [-0.39, 0.29) is 12.5 Å². The molecule has 2 N–H and O–H groups in total. The zero-order valence-corrected chi connectivity index (χ0v) is 41.8. The highest BCUT2D eigenvalue weighted by molar-refractivity contribution is 7.45. The highest BCUT2D eigenvalue weighted by atomic mass is 31.2. The second kappa shape index (κ2) is 44.8. The number of nitrogens with one attached hydrogen (secondary N) is 1. The Labute approximate surface area is 392 Å². The topological polar surface area (TPSA) is 108 Å². The van der Waals surface area contributed by atoms with Crippen molar-refractivity contribution < 1.29 is 32.9 Å². The van der Waals surface area contributed by atoms with Crippen LogP contribution in [0, 0.1) is 0 Å². The SMILES string of the molecule is CC/C=C\C/C=C\C/C=C\C/C=C\C/C=C\C/C=C\C/C=C\C/C=C\CCCCCCCCC(=O)NC(COP(=O)([O-])OCC[N+](C)(C)C)C(O)/C=C/CC/C=C/CC/C=C/CCC. The number of carbonyl (C=O) groups is 1. The predicted molar refractivity (Wildman–Crippen MR) is 274 cm³/mol. The van der Waals surface area contributed by atoms with Crippen LogP contribution in [0.3, 0.4) is 0 Å². The zero-order valence-electron chi connectivity index (χ0n) is 40.9. The van der Waals surface area contributed by atoms with Crippen molar-refractivity contribution in [2.75, 3.05) is 40.9 Å². The molecule has 1 amide bonds. The van der Waals surface area contributed by atoms with Gasteiger partial charge in [-0.1, -0.05) is 180 Å². The van der Waals surface area contributed by atoms with Crippen LogP contribution in [0.5, 0.6) is 0 Å². The molecule has 0 aliphatic rings. The molecule has 3 atom stereocenters. The van der Waals surface area contributed by atoms with E-state index in [0.717, 1.165) is 135 Å². The molecular weight excluding hydrogens is 816 g/mol. The molecule has 9 heteroatoms. The summed E-state index contributed by atoms with van der Waals surface area (Å²) in [5, 5.41) is 13.7. The molecule has 362 valence electrons. The number of amides is 1. The maximum absolute atomic E-state index is 12.9. The van der Waals surface area contributed by atoms with E-state index in [1.165, 1.54) is 0 Å². The standard InChI is InChI=1S/C55H91N2O6P/c1-6-8-10-12-14-16-18-19-20-21-22-23-24-25-26-27-28-29-30-31-32-33-34-35-36-37-39-41-43-45-47-49-55(59)56-53(52-63-64(60,61)62-51-50-57(3,4)5)54(58)48-46-44-42-40-38-17-15-13-11-9-7-2/h8,10-11,13-14,16,19-20,22-23,25-26,28-29,31-32,34-35,38,40,46,48,53-54,58H,6-7,9,12,15,17-18,21,24,27,30,33,36-37,39,41-45,47,49-52H2,1-5H3,(H-,56,59,60,61)/b10-8-,13-11+,16-14-,20-19-,23-22-,26-25-,29-28-,32-31-,35-34-,40-38+,48-46+. The van der Waals surface area contributed by atoms with Gasteiger partial charge in [-0.15, -0.1) is 0 Å². The molecule has 0 aliphatic carbocycles. The molecule has 3 unspecified atom stereocenters. The molecule has 8 nitrogen and oxygen atoms in total. The average Bonchev–Trinajstić information content (AvgIpc) is 3.25. The molecule has 0 bridgehead atoms. The van der Waals surface area contributed by atoms with Gasteiger partial charge in [0.2, 0.25) is 5.91 Å². The third-order valence-electron chi connectivity index (χ3n) is 9.80. The molecule has 0 fully saturated rings. The van der Waals surface area contributed by atoms with Crippen molar-refractivity contribution in [3.63, 3.8) is 0 Å². The van der Waals surface area contributed by atoms with E-state index in [0.29, 0.717) is 17.4 Å². The molecule has 0 aromatic carbocycles. The Hall–Kier alpha value is -3.36. The van der Waals surface area contributed by atoms with Crippen molar-refractivity contribution in [1.82, 2.24) is 5.32 Å². The minimum atomic E-state index is -4.61. The average molecular weight is 907 g/mol. The van der Waals surface area contributed by atoms with Crippen LogP contribution in [0.2, 0.25) is 0 Å². The predicted octanol–water partition coefficient (Wildman–Crippen LogP) is 13.8. The van der Waals surface area contributed by atoms with Crippen LogP contribution < -0.4 is 10.2 Å². The number of allylic oxidation sites excluding steroid dienone is 21. The maximum Gasteiger partial charge on any atom is 0.268 e. The lowest BCUT2D eigenvalue weighted by Crippen LogP contribution is -2.45.